The minimum absolute atomic E-state index is 0.0596. The van der Waals surface area contributed by atoms with Gasteiger partial charge in [-0.3, -0.25) is 19.7 Å². The van der Waals surface area contributed by atoms with Crippen molar-refractivity contribution < 1.29 is 23.9 Å². The molecule has 25 heavy (non-hydrogen) atoms. The van der Waals surface area contributed by atoms with Gasteiger partial charge < -0.3 is 15.4 Å². The molecule has 2 rings (SSSR count). The first-order valence-corrected chi connectivity index (χ1v) is 8.11. The molecule has 0 atom stereocenters. The number of imide groups is 1. The van der Waals surface area contributed by atoms with Crippen molar-refractivity contribution in [1.29, 1.82) is 0 Å². The SMILES string of the molecule is O=C(COC(=O)CCNC(=O)c1ccc(Cl)cc1)NC(=O)NC1CC1. The molecule has 134 valence electrons. The molecule has 0 saturated heterocycles. The van der Waals surface area contributed by atoms with Crippen molar-refractivity contribution in [2.24, 2.45) is 0 Å². The molecule has 9 heteroatoms. The van der Waals surface area contributed by atoms with Crippen LogP contribution in [-0.2, 0) is 14.3 Å². The van der Waals surface area contributed by atoms with E-state index in [1.165, 1.54) is 0 Å². The number of rotatable bonds is 7. The number of carbonyl (C=O) groups is 4. The maximum absolute atomic E-state index is 11.8. The summed E-state index contributed by atoms with van der Waals surface area (Å²) in [6, 6.07) is 5.82. The average Bonchev–Trinajstić information content (AvgIpc) is 3.37. The summed E-state index contributed by atoms with van der Waals surface area (Å²) < 4.78 is 4.73. The van der Waals surface area contributed by atoms with Crippen LogP contribution in [-0.4, -0.2) is 43.0 Å². The van der Waals surface area contributed by atoms with Gasteiger partial charge in [0.1, 0.15) is 0 Å². The van der Waals surface area contributed by atoms with Crippen LogP contribution in [0.1, 0.15) is 29.6 Å². The number of carbonyl (C=O) groups excluding carboxylic acids is 4. The monoisotopic (exact) mass is 367 g/mol. The van der Waals surface area contributed by atoms with Crippen LogP contribution < -0.4 is 16.0 Å². The lowest BCUT2D eigenvalue weighted by atomic mass is 10.2. The van der Waals surface area contributed by atoms with E-state index in [-0.39, 0.29) is 24.9 Å². The van der Waals surface area contributed by atoms with Gasteiger partial charge in [0.2, 0.25) is 0 Å². The normalized spacial score (nSPS) is 12.8. The molecule has 0 aliphatic heterocycles. The molecular weight excluding hydrogens is 350 g/mol. The molecule has 0 radical (unpaired) electrons. The molecule has 8 nitrogen and oxygen atoms in total. The fraction of sp³-hybridized carbons (Fsp3) is 0.375. The van der Waals surface area contributed by atoms with Crippen LogP contribution in [0.5, 0.6) is 0 Å². The van der Waals surface area contributed by atoms with Crippen molar-refractivity contribution in [2.45, 2.75) is 25.3 Å². The van der Waals surface area contributed by atoms with Crippen LogP contribution in [0, 0.1) is 0 Å². The molecule has 1 aliphatic rings. The van der Waals surface area contributed by atoms with E-state index in [0.29, 0.717) is 10.6 Å². The minimum Gasteiger partial charge on any atom is -0.456 e. The molecular formula is C16H18ClN3O5. The molecule has 1 aromatic carbocycles. The maximum atomic E-state index is 11.8. The summed E-state index contributed by atoms with van der Waals surface area (Å²) in [4.78, 5) is 46.1. The predicted molar refractivity (Wildman–Crippen MR) is 89.1 cm³/mol. The first kappa shape index (κ1) is 18.7. The van der Waals surface area contributed by atoms with E-state index in [1.807, 2.05) is 0 Å². The van der Waals surface area contributed by atoms with Crippen molar-refractivity contribution in [3.63, 3.8) is 0 Å². The quantitative estimate of drug-likeness (QED) is 0.622. The molecule has 1 saturated carbocycles. The van der Waals surface area contributed by atoms with Gasteiger partial charge in [0.25, 0.3) is 11.8 Å². The van der Waals surface area contributed by atoms with Gasteiger partial charge in [-0.1, -0.05) is 11.6 Å². The zero-order chi connectivity index (χ0) is 18.2. The molecule has 1 aliphatic carbocycles. The predicted octanol–water partition coefficient (Wildman–Crippen LogP) is 0.991. The lowest BCUT2D eigenvalue weighted by Crippen LogP contribution is -2.42. The smallest absolute Gasteiger partial charge is 0.321 e. The summed E-state index contributed by atoms with van der Waals surface area (Å²) in [5.41, 5.74) is 0.416. The molecule has 0 spiro atoms. The van der Waals surface area contributed by atoms with E-state index in [9.17, 15) is 19.2 Å². The average molecular weight is 368 g/mol. The highest BCUT2D eigenvalue weighted by Crippen LogP contribution is 2.18. The second-order valence-corrected chi connectivity index (χ2v) is 5.91. The van der Waals surface area contributed by atoms with E-state index in [1.54, 1.807) is 24.3 Å². The Morgan fingerprint density at radius 2 is 1.80 bits per heavy atom. The Hall–Kier alpha value is -2.61. The van der Waals surface area contributed by atoms with Crippen molar-refractivity contribution in [2.75, 3.05) is 13.2 Å². The molecule has 0 unspecified atom stereocenters. The third kappa shape index (κ3) is 7.21. The lowest BCUT2D eigenvalue weighted by Gasteiger charge is -2.07. The van der Waals surface area contributed by atoms with Crippen LogP contribution >= 0.6 is 11.6 Å². The number of amides is 4. The topological polar surface area (TPSA) is 114 Å². The van der Waals surface area contributed by atoms with Crippen molar-refractivity contribution in [3.05, 3.63) is 34.9 Å². The van der Waals surface area contributed by atoms with Crippen LogP contribution in [0.15, 0.2) is 24.3 Å². The molecule has 0 heterocycles. The van der Waals surface area contributed by atoms with Crippen molar-refractivity contribution >= 4 is 35.4 Å². The summed E-state index contributed by atoms with van der Waals surface area (Å²) in [6.07, 6.45) is 1.71. The highest BCUT2D eigenvalue weighted by Gasteiger charge is 2.24. The van der Waals surface area contributed by atoms with Gasteiger partial charge in [-0.15, -0.1) is 0 Å². The Balaban J connectivity index is 1.58. The Kier molecular flexibility index (Phi) is 6.76. The van der Waals surface area contributed by atoms with Crippen LogP contribution in [0.25, 0.3) is 0 Å². The number of hydrogen-bond donors (Lipinski definition) is 3. The van der Waals surface area contributed by atoms with Gasteiger partial charge in [0, 0.05) is 23.2 Å². The van der Waals surface area contributed by atoms with E-state index in [2.05, 4.69) is 16.0 Å². The standard InChI is InChI=1S/C16H18ClN3O5/c17-11-3-1-10(2-4-11)15(23)18-8-7-14(22)25-9-13(21)20-16(24)19-12-5-6-12/h1-4,12H,5-9H2,(H,18,23)(H2,19,20,21,24). The largest absolute Gasteiger partial charge is 0.456 e. The van der Waals surface area contributed by atoms with Gasteiger partial charge in [-0.2, -0.15) is 0 Å². The highest BCUT2D eigenvalue weighted by atomic mass is 35.5. The Bertz CT molecular complexity index is 658. The second-order valence-electron chi connectivity index (χ2n) is 5.47. The van der Waals surface area contributed by atoms with E-state index >= 15 is 0 Å². The fourth-order valence-electron chi connectivity index (χ4n) is 1.81. The Morgan fingerprint density at radius 1 is 1.12 bits per heavy atom. The van der Waals surface area contributed by atoms with Crippen molar-refractivity contribution in [1.82, 2.24) is 16.0 Å². The van der Waals surface area contributed by atoms with Gasteiger partial charge in [0.05, 0.1) is 6.42 Å². The Morgan fingerprint density at radius 3 is 2.44 bits per heavy atom. The van der Waals surface area contributed by atoms with Gasteiger partial charge in [0.15, 0.2) is 6.61 Å². The van der Waals surface area contributed by atoms with E-state index in [4.69, 9.17) is 16.3 Å². The number of benzene rings is 1. The minimum atomic E-state index is -0.711. The van der Waals surface area contributed by atoms with Crippen LogP contribution in [0.4, 0.5) is 4.79 Å². The summed E-state index contributed by atoms with van der Waals surface area (Å²) in [5.74, 6) is -1.72. The number of urea groups is 1. The van der Waals surface area contributed by atoms with E-state index in [0.717, 1.165) is 12.8 Å². The van der Waals surface area contributed by atoms with Gasteiger partial charge in [-0.05, 0) is 37.1 Å². The van der Waals surface area contributed by atoms with Gasteiger partial charge in [-0.25, -0.2) is 4.79 Å². The summed E-state index contributed by atoms with van der Waals surface area (Å²) in [6.45, 7) is -0.494. The summed E-state index contributed by atoms with van der Waals surface area (Å²) in [7, 11) is 0. The first-order chi connectivity index (χ1) is 11.9. The summed E-state index contributed by atoms with van der Waals surface area (Å²) >= 11 is 5.73. The third-order valence-corrected chi connectivity index (χ3v) is 3.50. The molecule has 0 aromatic heterocycles. The molecule has 1 fully saturated rings. The van der Waals surface area contributed by atoms with Crippen LogP contribution in [0.2, 0.25) is 5.02 Å². The summed E-state index contributed by atoms with van der Waals surface area (Å²) in [5, 5.41) is 7.70. The number of nitrogens with one attached hydrogen (secondary N) is 3. The molecule has 4 amide bonds. The number of hydrogen-bond acceptors (Lipinski definition) is 5. The maximum Gasteiger partial charge on any atom is 0.321 e. The highest BCUT2D eigenvalue weighted by molar-refractivity contribution is 6.30. The van der Waals surface area contributed by atoms with E-state index < -0.39 is 24.5 Å². The zero-order valence-corrected chi connectivity index (χ0v) is 14.1. The fourth-order valence-corrected chi connectivity index (χ4v) is 1.94. The van der Waals surface area contributed by atoms with Crippen LogP contribution in [0.3, 0.4) is 0 Å². The Labute approximate surface area is 149 Å². The number of ether oxygens (including phenoxy) is 1. The molecule has 1 aromatic rings. The van der Waals surface area contributed by atoms with Gasteiger partial charge >= 0.3 is 12.0 Å². The lowest BCUT2D eigenvalue weighted by molar-refractivity contribution is -0.148. The number of halogens is 1. The molecule has 0 bridgehead atoms. The number of esters is 1. The zero-order valence-electron chi connectivity index (χ0n) is 13.3. The third-order valence-electron chi connectivity index (χ3n) is 3.25. The first-order valence-electron chi connectivity index (χ1n) is 7.74. The second kappa shape index (κ2) is 9.03. The molecule has 3 N–H and O–H groups in total. The van der Waals surface area contributed by atoms with Crippen molar-refractivity contribution in [3.8, 4) is 0 Å².